The van der Waals surface area contributed by atoms with Crippen molar-refractivity contribution in [1.29, 1.82) is 0 Å². The van der Waals surface area contributed by atoms with E-state index in [1.165, 1.54) is 11.3 Å². The highest BCUT2D eigenvalue weighted by Gasteiger charge is 2.25. The molecule has 158 valence electrons. The molecular formula is C22H20BrN5O2S. The fourth-order valence-electron chi connectivity index (χ4n) is 3.02. The van der Waals surface area contributed by atoms with Crippen molar-refractivity contribution in [2.24, 2.45) is 5.92 Å². The topological polar surface area (TPSA) is 93.8 Å². The molecule has 1 amide bonds. The molecule has 31 heavy (non-hydrogen) atoms. The van der Waals surface area contributed by atoms with Crippen molar-refractivity contribution in [3.8, 4) is 22.0 Å². The molecule has 3 heterocycles. The Labute approximate surface area is 192 Å². The summed E-state index contributed by atoms with van der Waals surface area (Å²) in [6, 6.07) is 11.2. The van der Waals surface area contributed by atoms with E-state index in [2.05, 4.69) is 41.4 Å². The number of benzene rings is 1. The third-order valence-electron chi connectivity index (χ3n) is 4.58. The van der Waals surface area contributed by atoms with Crippen molar-refractivity contribution in [3.63, 3.8) is 0 Å². The Morgan fingerprint density at radius 3 is 2.77 bits per heavy atom. The minimum Gasteiger partial charge on any atom is -0.344 e. The first-order valence-electron chi connectivity index (χ1n) is 9.73. The van der Waals surface area contributed by atoms with Crippen molar-refractivity contribution >= 4 is 33.2 Å². The van der Waals surface area contributed by atoms with E-state index >= 15 is 0 Å². The molecule has 0 radical (unpaired) electrons. The third kappa shape index (κ3) is 5.23. The maximum atomic E-state index is 12.7. The lowest BCUT2D eigenvalue weighted by Gasteiger charge is -2.18. The molecule has 4 aromatic rings. The van der Waals surface area contributed by atoms with Crippen LogP contribution in [0.1, 0.15) is 31.5 Å². The Morgan fingerprint density at radius 1 is 1.19 bits per heavy atom. The van der Waals surface area contributed by atoms with Crippen molar-refractivity contribution in [2.75, 3.05) is 0 Å². The second-order valence-electron chi connectivity index (χ2n) is 7.32. The first kappa shape index (κ1) is 21.3. The van der Waals surface area contributed by atoms with E-state index in [1.54, 1.807) is 12.4 Å². The van der Waals surface area contributed by atoms with Gasteiger partial charge in [0.25, 0.3) is 0 Å². The number of hydrogen-bond acceptors (Lipinski definition) is 7. The molecule has 1 atom stereocenters. The monoisotopic (exact) mass is 497 g/mol. The maximum Gasteiger partial charge on any atom is 0.249 e. The number of carbonyl (C=O) groups is 1. The predicted molar refractivity (Wildman–Crippen MR) is 122 cm³/mol. The van der Waals surface area contributed by atoms with Crippen LogP contribution in [-0.4, -0.2) is 26.0 Å². The molecule has 4 rings (SSSR count). The highest BCUT2D eigenvalue weighted by Crippen LogP contribution is 2.27. The Kier molecular flexibility index (Phi) is 6.53. The Morgan fingerprint density at radius 2 is 2.03 bits per heavy atom. The number of nitrogens with one attached hydrogen (secondary N) is 1. The predicted octanol–water partition coefficient (Wildman–Crippen LogP) is 5.07. The number of halogens is 1. The zero-order chi connectivity index (χ0) is 21.8. The van der Waals surface area contributed by atoms with Gasteiger partial charge in [0.2, 0.25) is 17.6 Å². The third-order valence-corrected chi connectivity index (χ3v) is 6.01. The van der Waals surface area contributed by atoms with Gasteiger partial charge in [-0.25, -0.2) is 4.98 Å². The van der Waals surface area contributed by atoms with Crippen LogP contribution in [0.2, 0.25) is 0 Å². The number of carbonyl (C=O) groups excluding carboxylic acids is 1. The Bertz CT molecular complexity index is 1180. The zero-order valence-corrected chi connectivity index (χ0v) is 19.4. The molecule has 0 aliphatic carbocycles. The van der Waals surface area contributed by atoms with Gasteiger partial charge in [-0.05, 0) is 30.2 Å². The summed E-state index contributed by atoms with van der Waals surface area (Å²) in [6.45, 7) is 3.99. The van der Waals surface area contributed by atoms with Crippen LogP contribution < -0.4 is 5.32 Å². The Hall–Kier alpha value is -2.91. The smallest absolute Gasteiger partial charge is 0.249 e. The van der Waals surface area contributed by atoms with Crippen LogP contribution in [0.15, 0.2) is 63.2 Å². The van der Waals surface area contributed by atoms with Gasteiger partial charge in [0.05, 0.1) is 12.1 Å². The molecule has 1 N–H and O–H groups in total. The number of nitrogens with zero attached hydrogens (tertiary/aromatic N) is 4. The summed E-state index contributed by atoms with van der Waals surface area (Å²) in [4.78, 5) is 25.9. The van der Waals surface area contributed by atoms with Gasteiger partial charge in [-0.3, -0.25) is 9.78 Å². The molecule has 0 saturated heterocycles. The lowest BCUT2D eigenvalue weighted by Crippen LogP contribution is -2.33. The van der Waals surface area contributed by atoms with E-state index in [9.17, 15) is 4.79 Å². The van der Waals surface area contributed by atoms with Crippen LogP contribution in [0.3, 0.4) is 0 Å². The van der Waals surface area contributed by atoms with Crippen molar-refractivity contribution in [1.82, 2.24) is 25.4 Å². The van der Waals surface area contributed by atoms with Crippen LogP contribution in [0.25, 0.3) is 22.0 Å². The normalized spacial score (nSPS) is 12.1. The molecule has 0 bridgehead atoms. The number of amides is 1. The number of aromatic nitrogens is 4. The summed E-state index contributed by atoms with van der Waals surface area (Å²) >= 11 is 4.99. The molecule has 1 unspecified atom stereocenters. The molecule has 0 aliphatic heterocycles. The fraction of sp³-hybridized carbons (Fsp3) is 0.227. The molecule has 3 aromatic heterocycles. The SMILES string of the molecule is CC(C)C(NC(=O)Cc1csc(-c2cccc(Br)c2)n1)c1nc(-c2cccnc2)no1. The van der Waals surface area contributed by atoms with E-state index in [4.69, 9.17) is 4.52 Å². The Balaban J connectivity index is 1.45. The molecule has 0 spiro atoms. The van der Waals surface area contributed by atoms with Crippen molar-refractivity contribution < 1.29 is 9.32 Å². The first-order valence-corrected chi connectivity index (χ1v) is 11.4. The van der Waals surface area contributed by atoms with Crippen molar-refractivity contribution in [2.45, 2.75) is 26.3 Å². The molecule has 1 aromatic carbocycles. The molecule has 0 aliphatic rings. The summed E-state index contributed by atoms with van der Waals surface area (Å²) in [7, 11) is 0. The number of hydrogen-bond donors (Lipinski definition) is 1. The van der Waals surface area contributed by atoms with Crippen LogP contribution in [0.4, 0.5) is 0 Å². The standard InChI is InChI=1S/C22H20BrN5O2S/c1-13(2)19(21-27-20(28-30-21)15-6-4-8-24-11-15)26-18(29)10-17-12-31-22(25-17)14-5-3-7-16(23)9-14/h3-9,11-13,19H,10H2,1-2H3,(H,26,29). The second-order valence-corrected chi connectivity index (χ2v) is 9.09. The lowest BCUT2D eigenvalue weighted by molar-refractivity contribution is -0.121. The van der Waals surface area contributed by atoms with Crippen LogP contribution in [0.5, 0.6) is 0 Å². The van der Waals surface area contributed by atoms with Gasteiger partial charge in [-0.1, -0.05) is 47.1 Å². The molecular weight excluding hydrogens is 478 g/mol. The fourth-order valence-corrected chi connectivity index (χ4v) is 4.23. The molecule has 9 heteroatoms. The highest BCUT2D eigenvalue weighted by molar-refractivity contribution is 9.10. The van der Waals surface area contributed by atoms with Crippen LogP contribution in [0, 0.1) is 5.92 Å². The van der Waals surface area contributed by atoms with E-state index in [-0.39, 0.29) is 18.2 Å². The van der Waals surface area contributed by atoms with Crippen LogP contribution in [-0.2, 0) is 11.2 Å². The highest BCUT2D eigenvalue weighted by atomic mass is 79.9. The van der Waals surface area contributed by atoms with Gasteiger partial charge >= 0.3 is 0 Å². The summed E-state index contributed by atoms with van der Waals surface area (Å²) in [5.41, 5.74) is 2.50. The number of thiazole rings is 1. The van der Waals surface area contributed by atoms with Gasteiger partial charge in [0.15, 0.2) is 0 Å². The summed E-state index contributed by atoms with van der Waals surface area (Å²) in [5, 5.41) is 9.83. The summed E-state index contributed by atoms with van der Waals surface area (Å²) < 4.78 is 6.44. The average Bonchev–Trinajstić information content (AvgIpc) is 3.42. The first-order chi connectivity index (χ1) is 15.0. The van der Waals surface area contributed by atoms with E-state index in [0.717, 1.165) is 26.3 Å². The van der Waals surface area contributed by atoms with Gasteiger partial charge in [-0.15, -0.1) is 11.3 Å². The minimum atomic E-state index is -0.395. The quantitative estimate of drug-likeness (QED) is 0.382. The summed E-state index contributed by atoms with van der Waals surface area (Å²) in [5.74, 6) is 0.737. The lowest BCUT2D eigenvalue weighted by atomic mass is 10.0. The maximum absolute atomic E-state index is 12.7. The number of pyridine rings is 1. The average molecular weight is 498 g/mol. The van der Waals surface area contributed by atoms with Crippen molar-refractivity contribution in [3.05, 3.63) is 70.2 Å². The molecule has 7 nitrogen and oxygen atoms in total. The van der Waals surface area contributed by atoms with Gasteiger partial charge in [0.1, 0.15) is 11.0 Å². The van der Waals surface area contributed by atoms with Gasteiger partial charge in [0, 0.05) is 33.4 Å². The van der Waals surface area contributed by atoms with Gasteiger partial charge in [-0.2, -0.15) is 4.98 Å². The molecule has 0 saturated carbocycles. The largest absolute Gasteiger partial charge is 0.344 e. The van der Waals surface area contributed by atoms with Crippen LogP contribution >= 0.6 is 27.3 Å². The van der Waals surface area contributed by atoms with E-state index in [0.29, 0.717) is 11.7 Å². The molecule has 0 fully saturated rings. The second kappa shape index (κ2) is 9.49. The number of rotatable bonds is 7. The minimum absolute atomic E-state index is 0.0683. The zero-order valence-electron chi connectivity index (χ0n) is 16.9. The van der Waals surface area contributed by atoms with Gasteiger partial charge < -0.3 is 9.84 Å². The summed E-state index contributed by atoms with van der Waals surface area (Å²) in [6.07, 6.45) is 3.53. The van der Waals surface area contributed by atoms with E-state index < -0.39 is 6.04 Å². The van der Waals surface area contributed by atoms with E-state index in [1.807, 2.05) is 55.6 Å².